The Balaban J connectivity index is 2.31. The maximum atomic E-state index is 6.06. The number of nitrogens with zero attached hydrogens (tertiary/aromatic N) is 3. The fraction of sp³-hybridized carbons (Fsp3) is 0.688. The monoisotopic (exact) mass is 295 g/mol. The van der Waals surface area contributed by atoms with Gasteiger partial charge < -0.3 is 9.80 Å². The van der Waals surface area contributed by atoms with E-state index >= 15 is 0 Å². The van der Waals surface area contributed by atoms with Gasteiger partial charge in [0, 0.05) is 42.7 Å². The molecule has 0 spiro atoms. The number of anilines is 1. The van der Waals surface area contributed by atoms with Gasteiger partial charge >= 0.3 is 0 Å². The van der Waals surface area contributed by atoms with Gasteiger partial charge in [0.15, 0.2) is 0 Å². The summed E-state index contributed by atoms with van der Waals surface area (Å²) in [6, 6.07) is 4.83. The highest BCUT2D eigenvalue weighted by molar-refractivity contribution is 6.17. The lowest BCUT2D eigenvalue weighted by Crippen LogP contribution is -2.50. The molecule has 1 aliphatic rings. The predicted octanol–water partition coefficient (Wildman–Crippen LogP) is 3.26. The molecule has 20 heavy (non-hydrogen) atoms. The topological polar surface area (TPSA) is 19.4 Å². The van der Waals surface area contributed by atoms with Gasteiger partial charge in [-0.3, -0.25) is 0 Å². The van der Waals surface area contributed by atoms with E-state index in [0.717, 1.165) is 36.7 Å². The minimum atomic E-state index is 0.0506. The van der Waals surface area contributed by atoms with Crippen molar-refractivity contribution in [3.63, 3.8) is 0 Å². The van der Waals surface area contributed by atoms with E-state index in [1.165, 1.54) is 0 Å². The first-order valence-corrected chi connectivity index (χ1v) is 7.87. The third-order valence-electron chi connectivity index (χ3n) is 4.08. The molecule has 112 valence electrons. The fourth-order valence-corrected chi connectivity index (χ4v) is 2.61. The second kappa shape index (κ2) is 5.90. The number of pyridine rings is 1. The number of hydrogen-bond donors (Lipinski definition) is 0. The number of hydrogen-bond acceptors (Lipinski definition) is 3. The number of alkyl halides is 1. The molecule has 3 nitrogen and oxygen atoms in total. The molecule has 1 aliphatic heterocycles. The first-order chi connectivity index (χ1) is 9.31. The van der Waals surface area contributed by atoms with Crippen LogP contribution in [0.5, 0.6) is 0 Å². The lowest BCUT2D eigenvalue weighted by atomic mass is 9.91. The molecule has 1 aromatic heterocycles. The van der Waals surface area contributed by atoms with Crippen molar-refractivity contribution in [2.24, 2.45) is 0 Å². The van der Waals surface area contributed by atoms with E-state index in [-0.39, 0.29) is 5.41 Å². The van der Waals surface area contributed by atoms with Gasteiger partial charge in [-0.1, -0.05) is 20.8 Å². The standard InChI is InChI=1S/C16H26ClN3/c1-12-11-20(7-6-19(12)5)15-9-13(10-17)8-14(18-15)16(2,3)4/h8-9,12H,6-7,10-11H2,1-5H3. The quantitative estimate of drug-likeness (QED) is 0.781. The summed E-state index contributed by atoms with van der Waals surface area (Å²) in [4.78, 5) is 9.66. The van der Waals surface area contributed by atoms with Gasteiger partial charge in [0.25, 0.3) is 0 Å². The number of piperazine rings is 1. The molecule has 2 rings (SSSR count). The van der Waals surface area contributed by atoms with Crippen molar-refractivity contribution in [2.75, 3.05) is 31.6 Å². The van der Waals surface area contributed by atoms with E-state index in [1.807, 2.05) is 0 Å². The minimum Gasteiger partial charge on any atom is -0.354 e. The molecule has 1 aromatic rings. The first kappa shape index (κ1) is 15.6. The maximum absolute atomic E-state index is 6.06. The second-order valence-electron chi connectivity index (χ2n) is 6.88. The van der Waals surface area contributed by atoms with Crippen molar-refractivity contribution in [1.29, 1.82) is 0 Å². The molecule has 0 aromatic carbocycles. The van der Waals surface area contributed by atoms with E-state index in [0.29, 0.717) is 11.9 Å². The Morgan fingerprint density at radius 1 is 1.30 bits per heavy atom. The Morgan fingerprint density at radius 3 is 2.55 bits per heavy atom. The molecular weight excluding hydrogens is 270 g/mol. The lowest BCUT2D eigenvalue weighted by molar-refractivity contribution is 0.233. The van der Waals surface area contributed by atoms with Gasteiger partial charge in [0.2, 0.25) is 0 Å². The van der Waals surface area contributed by atoms with E-state index in [1.54, 1.807) is 0 Å². The number of likely N-dealkylation sites (N-methyl/N-ethyl adjacent to an activating group) is 1. The Labute approximate surface area is 127 Å². The van der Waals surface area contributed by atoms with E-state index in [2.05, 4.69) is 56.7 Å². The highest BCUT2D eigenvalue weighted by atomic mass is 35.5. The zero-order valence-electron chi connectivity index (χ0n) is 13.3. The van der Waals surface area contributed by atoms with Crippen LogP contribution >= 0.6 is 11.6 Å². The highest BCUT2D eigenvalue weighted by Crippen LogP contribution is 2.26. The molecule has 1 fully saturated rings. The van der Waals surface area contributed by atoms with Crippen LogP contribution < -0.4 is 4.90 Å². The van der Waals surface area contributed by atoms with Crippen LogP contribution in [0.15, 0.2) is 12.1 Å². The molecule has 0 saturated carbocycles. The van der Waals surface area contributed by atoms with Crippen LogP contribution in [0.25, 0.3) is 0 Å². The molecule has 0 amide bonds. The zero-order valence-corrected chi connectivity index (χ0v) is 14.0. The molecule has 0 bridgehead atoms. The summed E-state index contributed by atoms with van der Waals surface area (Å²) in [5, 5.41) is 0. The van der Waals surface area contributed by atoms with Crippen molar-refractivity contribution < 1.29 is 0 Å². The molecule has 2 heterocycles. The molecular formula is C16H26ClN3. The summed E-state index contributed by atoms with van der Waals surface area (Å²) in [7, 11) is 2.19. The third kappa shape index (κ3) is 3.44. The lowest BCUT2D eigenvalue weighted by Gasteiger charge is -2.38. The summed E-state index contributed by atoms with van der Waals surface area (Å²) in [5.74, 6) is 1.62. The van der Waals surface area contributed by atoms with Crippen molar-refractivity contribution in [1.82, 2.24) is 9.88 Å². The van der Waals surface area contributed by atoms with Crippen molar-refractivity contribution in [3.8, 4) is 0 Å². The zero-order chi connectivity index (χ0) is 14.9. The van der Waals surface area contributed by atoms with Gasteiger partial charge in [-0.05, 0) is 31.7 Å². The van der Waals surface area contributed by atoms with Gasteiger partial charge in [-0.25, -0.2) is 4.98 Å². The summed E-state index contributed by atoms with van der Waals surface area (Å²) in [6.45, 7) is 12.0. The number of halogens is 1. The largest absolute Gasteiger partial charge is 0.354 e. The summed E-state index contributed by atoms with van der Waals surface area (Å²) < 4.78 is 0. The normalized spacial score (nSPS) is 21.3. The SMILES string of the molecule is CC1CN(c2cc(CCl)cc(C(C)(C)C)n2)CCN1C. The smallest absolute Gasteiger partial charge is 0.129 e. The van der Waals surface area contributed by atoms with Gasteiger partial charge in [0.1, 0.15) is 5.82 Å². The van der Waals surface area contributed by atoms with Crippen molar-refractivity contribution >= 4 is 17.4 Å². The van der Waals surface area contributed by atoms with E-state index < -0.39 is 0 Å². The summed E-state index contributed by atoms with van der Waals surface area (Å²) in [5.41, 5.74) is 2.33. The van der Waals surface area contributed by atoms with Crippen LogP contribution in [0, 0.1) is 0 Å². The molecule has 1 unspecified atom stereocenters. The Kier molecular flexibility index (Phi) is 4.60. The van der Waals surface area contributed by atoms with Crippen LogP contribution in [-0.2, 0) is 11.3 Å². The highest BCUT2D eigenvalue weighted by Gasteiger charge is 2.24. The first-order valence-electron chi connectivity index (χ1n) is 7.34. The predicted molar refractivity (Wildman–Crippen MR) is 86.8 cm³/mol. The van der Waals surface area contributed by atoms with Crippen molar-refractivity contribution in [2.45, 2.75) is 45.0 Å². The Bertz CT molecular complexity index is 467. The average Bonchev–Trinajstić information content (AvgIpc) is 2.40. The minimum absolute atomic E-state index is 0.0506. The molecule has 0 aliphatic carbocycles. The van der Waals surface area contributed by atoms with Crippen LogP contribution in [0.4, 0.5) is 5.82 Å². The molecule has 0 radical (unpaired) electrons. The molecule has 4 heteroatoms. The summed E-state index contributed by atoms with van der Waals surface area (Å²) >= 11 is 6.06. The van der Waals surface area contributed by atoms with Gasteiger partial charge in [-0.15, -0.1) is 11.6 Å². The maximum Gasteiger partial charge on any atom is 0.129 e. The molecule has 1 atom stereocenters. The average molecular weight is 296 g/mol. The summed E-state index contributed by atoms with van der Waals surface area (Å²) in [6.07, 6.45) is 0. The van der Waals surface area contributed by atoms with Crippen LogP contribution in [0.1, 0.15) is 39.0 Å². The second-order valence-corrected chi connectivity index (χ2v) is 7.15. The number of rotatable bonds is 2. The van der Waals surface area contributed by atoms with E-state index in [9.17, 15) is 0 Å². The van der Waals surface area contributed by atoms with Crippen LogP contribution in [0.3, 0.4) is 0 Å². The Hall–Kier alpha value is -0.800. The van der Waals surface area contributed by atoms with Crippen LogP contribution in [-0.4, -0.2) is 42.6 Å². The molecule has 1 saturated heterocycles. The third-order valence-corrected chi connectivity index (χ3v) is 4.39. The molecule has 0 N–H and O–H groups in total. The van der Waals surface area contributed by atoms with Crippen molar-refractivity contribution in [3.05, 3.63) is 23.4 Å². The Morgan fingerprint density at radius 2 is 2.00 bits per heavy atom. The van der Waals surface area contributed by atoms with Gasteiger partial charge in [0.05, 0.1) is 0 Å². The van der Waals surface area contributed by atoms with Gasteiger partial charge in [-0.2, -0.15) is 0 Å². The van der Waals surface area contributed by atoms with Crippen LogP contribution in [0.2, 0.25) is 0 Å². The number of aromatic nitrogens is 1. The fourth-order valence-electron chi connectivity index (χ4n) is 2.45. The van der Waals surface area contributed by atoms with E-state index in [4.69, 9.17) is 16.6 Å².